The molecule has 1 aromatic heterocycles. The molecule has 186 valence electrons. The Balaban J connectivity index is 0.000000256. The quantitative estimate of drug-likeness (QED) is 0.384. The number of allylic oxidation sites excluding steroid dienone is 3. The van der Waals surface area contributed by atoms with Gasteiger partial charge in [-0.15, -0.1) is 0 Å². The van der Waals surface area contributed by atoms with Crippen molar-refractivity contribution in [3.63, 3.8) is 0 Å². The zero-order valence-electron chi connectivity index (χ0n) is 20.9. The topological polar surface area (TPSA) is 92.0 Å². The summed E-state index contributed by atoms with van der Waals surface area (Å²) in [7, 11) is 0. The molecule has 0 fully saturated rings. The second-order valence-corrected chi connectivity index (χ2v) is 9.22. The number of aliphatic hydroxyl groups excluding tert-OH is 1. The molecule has 1 aliphatic carbocycles. The van der Waals surface area contributed by atoms with Crippen LogP contribution in [0.1, 0.15) is 43.5 Å². The number of hydrogen-bond donors (Lipinski definition) is 3. The molecule has 6 nitrogen and oxygen atoms in total. The largest absolute Gasteiger partial charge is 0.508 e. The molecular weight excluding hydrogens is 442 g/mol. The highest BCUT2D eigenvalue weighted by Gasteiger charge is 2.18. The first-order valence-electron chi connectivity index (χ1n) is 11.8. The molecule has 3 aromatic rings. The molecule has 35 heavy (non-hydrogen) atoms. The predicted molar refractivity (Wildman–Crippen MR) is 138 cm³/mol. The van der Waals surface area contributed by atoms with Gasteiger partial charge < -0.3 is 24.8 Å². The van der Waals surface area contributed by atoms with Gasteiger partial charge in [-0.1, -0.05) is 49.4 Å². The Kier molecular flexibility index (Phi) is 8.90. The Hall–Kier alpha value is -3.35. The van der Waals surface area contributed by atoms with Crippen molar-refractivity contribution < 1.29 is 24.8 Å². The van der Waals surface area contributed by atoms with Crippen LogP contribution in [0.5, 0.6) is 5.75 Å². The third kappa shape index (κ3) is 8.42. The molecule has 0 bridgehead atoms. The fourth-order valence-corrected chi connectivity index (χ4v) is 3.72. The van der Waals surface area contributed by atoms with E-state index in [2.05, 4.69) is 24.0 Å². The van der Waals surface area contributed by atoms with Crippen LogP contribution in [0.2, 0.25) is 0 Å². The van der Waals surface area contributed by atoms with E-state index in [1.54, 1.807) is 6.08 Å². The van der Waals surface area contributed by atoms with E-state index in [0.717, 1.165) is 40.9 Å². The third-order valence-corrected chi connectivity index (χ3v) is 5.54. The number of hydrogen-bond acceptors (Lipinski definition) is 6. The summed E-state index contributed by atoms with van der Waals surface area (Å²) in [4.78, 5) is 4.38. The van der Waals surface area contributed by atoms with Gasteiger partial charge in [-0.3, -0.25) is 4.98 Å². The SMILES string of the molecule is Cc1ccc2ccccc2n1.Cc1cccc(COC2=CC(O)=CC(C)CC2)c1OCC(C)(O)O. The van der Waals surface area contributed by atoms with Crippen molar-refractivity contribution in [2.45, 2.75) is 52.9 Å². The van der Waals surface area contributed by atoms with Crippen molar-refractivity contribution in [1.29, 1.82) is 0 Å². The maximum atomic E-state index is 9.82. The third-order valence-electron chi connectivity index (χ3n) is 5.54. The van der Waals surface area contributed by atoms with Crippen LogP contribution in [-0.2, 0) is 11.3 Å². The smallest absolute Gasteiger partial charge is 0.194 e. The van der Waals surface area contributed by atoms with Gasteiger partial charge >= 0.3 is 0 Å². The lowest BCUT2D eigenvalue weighted by Gasteiger charge is -2.20. The summed E-state index contributed by atoms with van der Waals surface area (Å²) < 4.78 is 11.4. The molecule has 1 heterocycles. The van der Waals surface area contributed by atoms with Gasteiger partial charge in [0.1, 0.15) is 30.5 Å². The minimum absolute atomic E-state index is 0.228. The second-order valence-electron chi connectivity index (χ2n) is 9.22. The Morgan fingerprint density at radius 1 is 1.00 bits per heavy atom. The number of benzene rings is 2. The van der Waals surface area contributed by atoms with Crippen molar-refractivity contribution in [2.24, 2.45) is 5.92 Å². The Morgan fingerprint density at radius 3 is 2.54 bits per heavy atom. The first-order valence-corrected chi connectivity index (χ1v) is 11.8. The van der Waals surface area contributed by atoms with E-state index in [1.165, 1.54) is 12.3 Å². The van der Waals surface area contributed by atoms with E-state index in [1.807, 2.05) is 62.4 Å². The fraction of sp³-hybridized carbons (Fsp3) is 0.345. The molecule has 0 spiro atoms. The summed E-state index contributed by atoms with van der Waals surface area (Å²) in [5.74, 6) is -0.0281. The van der Waals surface area contributed by atoms with Crippen LogP contribution < -0.4 is 4.74 Å². The molecule has 0 saturated heterocycles. The van der Waals surface area contributed by atoms with Crippen LogP contribution in [0.15, 0.2) is 78.3 Å². The number of para-hydroxylation sites is 2. The van der Waals surface area contributed by atoms with Crippen LogP contribution >= 0.6 is 0 Å². The lowest BCUT2D eigenvalue weighted by Crippen LogP contribution is -2.31. The normalized spacial score (nSPS) is 15.9. The van der Waals surface area contributed by atoms with Crippen LogP contribution in [0, 0.1) is 19.8 Å². The first kappa shape index (κ1) is 26.3. The predicted octanol–water partition coefficient (Wildman–Crippen LogP) is 5.89. The number of fused-ring (bicyclic) bond motifs is 1. The van der Waals surface area contributed by atoms with Crippen molar-refractivity contribution in [3.8, 4) is 5.75 Å². The summed E-state index contributed by atoms with van der Waals surface area (Å²) in [6.07, 6.45) is 5.15. The molecule has 0 saturated carbocycles. The maximum Gasteiger partial charge on any atom is 0.194 e. The van der Waals surface area contributed by atoms with Crippen LogP contribution in [0.3, 0.4) is 0 Å². The summed E-state index contributed by atoms with van der Waals surface area (Å²) in [5.41, 5.74) is 3.86. The molecule has 1 aliphatic rings. The second kappa shape index (κ2) is 11.9. The highest BCUT2D eigenvalue weighted by molar-refractivity contribution is 5.78. The standard InChI is InChI=1S/C19H26O5.C10H9N/c1-13-7-8-17(10-16(20)9-13)23-11-15-6-4-5-14(2)18(15)24-12-19(3,21)22;1-8-6-7-9-4-2-3-5-10(9)11-8/h4-6,9-10,13,20-22H,7-8,11-12H2,1-3H3;2-7H,1H3. The molecule has 4 rings (SSSR count). The number of ether oxygens (including phenoxy) is 2. The Bertz CT molecular complexity index is 1190. The van der Waals surface area contributed by atoms with Gasteiger partial charge in [-0.25, -0.2) is 0 Å². The summed E-state index contributed by atoms with van der Waals surface area (Å²) in [6, 6.07) is 17.9. The van der Waals surface area contributed by atoms with E-state index in [0.29, 0.717) is 11.7 Å². The highest BCUT2D eigenvalue weighted by atomic mass is 16.6. The first-order chi connectivity index (χ1) is 16.6. The number of aliphatic hydroxyl groups is 3. The van der Waals surface area contributed by atoms with E-state index < -0.39 is 5.79 Å². The number of pyridine rings is 1. The summed E-state index contributed by atoms with van der Waals surface area (Å²) >= 11 is 0. The molecule has 0 radical (unpaired) electrons. The number of rotatable bonds is 6. The minimum atomic E-state index is -1.89. The van der Waals surface area contributed by atoms with E-state index in [-0.39, 0.29) is 19.0 Å². The molecule has 3 N–H and O–H groups in total. The lowest BCUT2D eigenvalue weighted by molar-refractivity contribution is -0.165. The fourth-order valence-electron chi connectivity index (χ4n) is 3.72. The molecule has 0 aliphatic heterocycles. The molecule has 0 amide bonds. The van der Waals surface area contributed by atoms with Gasteiger partial charge in [-0.2, -0.15) is 0 Å². The highest BCUT2D eigenvalue weighted by Crippen LogP contribution is 2.27. The zero-order chi connectivity index (χ0) is 25.4. The monoisotopic (exact) mass is 477 g/mol. The minimum Gasteiger partial charge on any atom is -0.508 e. The number of nitrogens with zero attached hydrogens (tertiary/aromatic N) is 1. The van der Waals surface area contributed by atoms with Gasteiger partial charge in [-0.05, 0) is 56.9 Å². The van der Waals surface area contributed by atoms with E-state index in [4.69, 9.17) is 9.47 Å². The summed E-state index contributed by atoms with van der Waals surface area (Å²) in [6.45, 7) is 7.29. The van der Waals surface area contributed by atoms with Crippen molar-refractivity contribution >= 4 is 10.9 Å². The van der Waals surface area contributed by atoms with E-state index in [9.17, 15) is 15.3 Å². The van der Waals surface area contributed by atoms with Gasteiger partial charge in [0.25, 0.3) is 0 Å². The van der Waals surface area contributed by atoms with Gasteiger partial charge in [0.05, 0.1) is 5.52 Å². The average molecular weight is 478 g/mol. The van der Waals surface area contributed by atoms with E-state index >= 15 is 0 Å². The van der Waals surface area contributed by atoms with Crippen LogP contribution in [0.4, 0.5) is 0 Å². The molecule has 2 aromatic carbocycles. The average Bonchev–Trinajstić information content (AvgIpc) is 2.96. The summed E-state index contributed by atoms with van der Waals surface area (Å²) in [5, 5.41) is 29.9. The molecule has 1 atom stereocenters. The lowest BCUT2D eigenvalue weighted by atomic mass is 10.1. The van der Waals surface area contributed by atoms with Gasteiger partial charge in [0, 0.05) is 29.1 Å². The van der Waals surface area contributed by atoms with Crippen LogP contribution in [0.25, 0.3) is 10.9 Å². The van der Waals surface area contributed by atoms with Crippen molar-refractivity contribution in [3.05, 3.63) is 95.1 Å². The Morgan fingerprint density at radius 2 is 1.77 bits per heavy atom. The van der Waals surface area contributed by atoms with Gasteiger partial charge in [0.15, 0.2) is 5.79 Å². The van der Waals surface area contributed by atoms with Crippen LogP contribution in [-0.4, -0.2) is 32.7 Å². The number of aromatic nitrogens is 1. The van der Waals surface area contributed by atoms with Crippen molar-refractivity contribution in [2.75, 3.05) is 6.61 Å². The maximum absolute atomic E-state index is 9.82. The Labute approximate surface area is 207 Å². The molecule has 6 heteroatoms. The molecule has 1 unspecified atom stereocenters. The zero-order valence-corrected chi connectivity index (χ0v) is 20.9. The van der Waals surface area contributed by atoms with Crippen molar-refractivity contribution in [1.82, 2.24) is 4.98 Å². The van der Waals surface area contributed by atoms with Gasteiger partial charge in [0.2, 0.25) is 0 Å². The molecular formula is C29H35NO5. The number of aryl methyl sites for hydroxylation is 2.